The fraction of sp³-hybridized carbons (Fsp3) is 0.500. The van der Waals surface area contributed by atoms with E-state index in [0.29, 0.717) is 6.04 Å². The number of ether oxygens (including phenoxy) is 1. The van der Waals surface area contributed by atoms with Crippen LogP contribution < -0.4 is 15.4 Å². The molecule has 1 aliphatic rings. The molecular weight excluding hydrogens is 245 g/mol. The maximum absolute atomic E-state index is 12.0. The van der Waals surface area contributed by atoms with Gasteiger partial charge in [0, 0.05) is 25.7 Å². The lowest BCUT2D eigenvalue weighted by Crippen LogP contribution is -2.49. The molecule has 2 N–H and O–H groups in total. The van der Waals surface area contributed by atoms with Crippen LogP contribution in [0.1, 0.15) is 5.56 Å². The third kappa shape index (κ3) is 4.19. The Kier molecular flexibility index (Phi) is 4.08. The van der Waals surface area contributed by atoms with Crippen molar-refractivity contribution in [1.82, 2.24) is 10.6 Å². The zero-order valence-corrected chi connectivity index (χ0v) is 9.76. The minimum absolute atomic E-state index is 0.180. The van der Waals surface area contributed by atoms with Crippen LogP contribution in [0.4, 0.5) is 13.2 Å². The predicted octanol–water partition coefficient (Wildman–Crippen LogP) is 1.69. The summed E-state index contributed by atoms with van der Waals surface area (Å²) in [5.74, 6) is -0.180. The molecule has 6 heteroatoms. The van der Waals surface area contributed by atoms with E-state index in [4.69, 9.17) is 0 Å². The summed E-state index contributed by atoms with van der Waals surface area (Å²) in [5, 5.41) is 6.61. The van der Waals surface area contributed by atoms with Crippen LogP contribution in [0.2, 0.25) is 0 Å². The van der Waals surface area contributed by atoms with Crippen molar-refractivity contribution in [3.05, 3.63) is 29.8 Å². The Morgan fingerprint density at radius 3 is 2.44 bits per heavy atom. The molecule has 0 aliphatic carbocycles. The molecule has 0 bridgehead atoms. The van der Waals surface area contributed by atoms with Gasteiger partial charge in [0.1, 0.15) is 5.75 Å². The highest BCUT2D eigenvalue weighted by atomic mass is 19.4. The van der Waals surface area contributed by atoms with Crippen LogP contribution >= 0.6 is 0 Å². The maximum atomic E-state index is 12.0. The van der Waals surface area contributed by atoms with Crippen molar-refractivity contribution < 1.29 is 17.9 Å². The molecule has 1 atom stereocenters. The molecule has 2 rings (SSSR count). The number of rotatable bonds is 3. The Hall–Kier alpha value is -1.27. The lowest BCUT2D eigenvalue weighted by atomic mass is 10.0. The van der Waals surface area contributed by atoms with Crippen molar-refractivity contribution in [3.63, 3.8) is 0 Å². The first-order valence-electron chi connectivity index (χ1n) is 5.82. The first-order chi connectivity index (χ1) is 8.53. The van der Waals surface area contributed by atoms with Gasteiger partial charge >= 0.3 is 6.36 Å². The first kappa shape index (κ1) is 13.2. The zero-order valence-electron chi connectivity index (χ0n) is 9.76. The molecule has 0 amide bonds. The van der Waals surface area contributed by atoms with Crippen LogP contribution in [-0.4, -0.2) is 32.0 Å². The summed E-state index contributed by atoms with van der Waals surface area (Å²) < 4.78 is 39.7. The van der Waals surface area contributed by atoms with Crippen molar-refractivity contribution in [2.45, 2.75) is 18.8 Å². The number of alkyl halides is 3. The van der Waals surface area contributed by atoms with Gasteiger partial charge in [-0.15, -0.1) is 13.2 Å². The van der Waals surface area contributed by atoms with Crippen molar-refractivity contribution in [2.75, 3.05) is 19.6 Å². The van der Waals surface area contributed by atoms with E-state index in [-0.39, 0.29) is 5.75 Å². The number of nitrogens with one attached hydrogen (secondary N) is 2. The van der Waals surface area contributed by atoms with Crippen molar-refractivity contribution in [2.24, 2.45) is 0 Å². The van der Waals surface area contributed by atoms with Gasteiger partial charge in [0.05, 0.1) is 0 Å². The maximum Gasteiger partial charge on any atom is 0.573 e. The average Bonchev–Trinajstić information content (AvgIpc) is 2.31. The normalized spacial score (nSPS) is 20.7. The van der Waals surface area contributed by atoms with Crippen LogP contribution in [0.25, 0.3) is 0 Å². The molecule has 0 aromatic heterocycles. The van der Waals surface area contributed by atoms with Crippen molar-refractivity contribution in [3.8, 4) is 5.75 Å². The van der Waals surface area contributed by atoms with Gasteiger partial charge in [0.15, 0.2) is 0 Å². The molecule has 0 saturated carbocycles. The molecule has 1 saturated heterocycles. The largest absolute Gasteiger partial charge is 0.573 e. The summed E-state index contributed by atoms with van der Waals surface area (Å²) in [6, 6.07) is 6.35. The van der Waals surface area contributed by atoms with Gasteiger partial charge < -0.3 is 15.4 Å². The number of halogens is 3. The molecule has 100 valence electrons. The molecule has 0 spiro atoms. The van der Waals surface area contributed by atoms with Crippen LogP contribution in [0.3, 0.4) is 0 Å². The van der Waals surface area contributed by atoms with E-state index in [2.05, 4.69) is 15.4 Å². The quantitative estimate of drug-likeness (QED) is 0.867. The predicted molar refractivity (Wildman–Crippen MR) is 61.5 cm³/mol. The molecule has 18 heavy (non-hydrogen) atoms. The Bertz CT molecular complexity index is 372. The highest BCUT2D eigenvalue weighted by molar-refractivity contribution is 5.28. The molecule has 1 aliphatic heterocycles. The van der Waals surface area contributed by atoms with E-state index >= 15 is 0 Å². The lowest BCUT2D eigenvalue weighted by molar-refractivity contribution is -0.274. The molecule has 1 aromatic rings. The van der Waals surface area contributed by atoms with Gasteiger partial charge in [0.25, 0.3) is 0 Å². The smallest absolute Gasteiger partial charge is 0.406 e. The van der Waals surface area contributed by atoms with E-state index in [1.165, 1.54) is 12.1 Å². The highest BCUT2D eigenvalue weighted by Gasteiger charge is 2.30. The number of hydrogen-bond donors (Lipinski definition) is 2. The van der Waals surface area contributed by atoms with Gasteiger partial charge in [-0.2, -0.15) is 0 Å². The second-order valence-corrected chi connectivity index (χ2v) is 4.25. The SMILES string of the molecule is FC(F)(F)Oc1ccc(CC2CNCCN2)cc1. The average molecular weight is 260 g/mol. The van der Waals surface area contributed by atoms with Crippen LogP contribution in [-0.2, 0) is 6.42 Å². The summed E-state index contributed by atoms with van der Waals surface area (Å²) in [6.07, 6.45) is -3.84. The van der Waals surface area contributed by atoms with Crippen LogP contribution in [0.15, 0.2) is 24.3 Å². The van der Waals surface area contributed by atoms with E-state index in [1.54, 1.807) is 12.1 Å². The number of hydrogen-bond acceptors (Lipinski definition) is 3. The van der Waals surface area contributed by atoms with E-state index in [1.807, 2.05) is 0 Å². The van der Waals surface area contributed by atoms with Gasteiger partial charge in [0.2, 0.25) is 0 Å². The van der Waals surface area contributed by atoms with Crippen molar-refractivity contribution in [1.29, 1.82) is 0 Å². The molecule has 3 nitrogen and oxygen atoms in total. The van der Waals surface area contributed by atoms with Crippen LogP contribution in [0, 0.1) is 0 Å². The summed E-state index contributed by atoms with van der Waals surface area (Å²) in [5.41, 5.74) is 0.991. The van der Waals surface area contributed by atoms with E-state index in [9.17, 15) is 13.2 Å². The Morgan fingerprint density at radius 2 is 1.89 bits per heavy atom. The molecule has 1 fully saturated rings. The third-order valence-electron chi connectivity index (χ3n) is 2.76. The molecular formula is C12H15F3N2O. The van der Waals surface area contributed by atoms with E-state index < -0.39 is 6.36 Å². The van der Waals surface area contributed by atoms with Gasteiger partial charge in [-0.1, -0.05) is 12.1 Å². The Labute approximate surface area is 103 Å². The molecule has 1 heterocycles. The fourth-order valence-electron chi connectivity index (χ4n) is 1.97. The van der Waals surface area contributed by atoms with Crippen molar-refractivity contribution >= 4 is 0 Å². The summed E-state index contributed by atoms with van der Waals surface area (Å²) in [7, 11) is 0. The van der Waals surface area contributed by atoms with E-state index in [0.717, 1.165) is 31.6 Å². The standard InChI is InChI=1S/C12H15F3N2O/c13-12(14,15)18-11-3-1-9(2-4-11)7-10-8-16-5-6-17-10/h1-4,10,16-17H,5-8H2. The summed E-state index contributed by atoms with van der Waals surface area (Å²) >= 11 is 0. The minimum Gasteiger partial charge on any atom is -0.406 e. The van der Waals surface area contributed by atoms with Gasteiger partial charge in [-0.3, -0.25) is 0 Å². The number of benzene rings is 1. The number of piperazine rings is 1. The molecule has 1 unspecified atom stereocenters. The lowest BCUT2D eigenvalue weighted by Gasteiger charge is -2.24. The van der Waals surface area contributed by atoms with Gasteiger partial charge in [-0.25, -0.2) is 0 Å². The summed E-state index contributed by atoms with van der Waals surface area (Å²) in [4.78, 5) is 0. The van der Waals surface area contributed by atoms with Gasteiger partial charge in [-0.05, 0) is 24.1 Å². The topological polar surface area (TPSA) is 33.3 Å². The minimum atomic E-state index is -4.63. The Balaban J connectivity index is 1.90. The first-order valence-corrected chi connectivity index (χ1v) is 5.82. The van der Waals surface area contributed by atoms with Crippen LogP contribution in [0.5, 0.6) is 5.75 Å². The zero-order chi connectivity index (χ0) is 13.0. The molecule has 0 radical (unpaired) electrons. The third-order valence-corrected chi connectivity index (χ3v) is 2.76. The fourth-order valence-corrected chi connectivity index (χ4v) is 1.97. The Morgan fingerprint density at radius 1 is 1.17 bits per heavy atom. The highest BCUT2D eigenvalue weighted by Crippen LogP contribution is 2.23. The monoisotopic (exact) mass is 260 g/mol. The molecule has 1 aromatic carbocycles. The second-order valence-electron chi connectivity index (χ2n) is 4.25. The summed E-state index contributed by atoms with van der Waals surface area (Å²) in [6.45, 7) is 2.75. The second kappa shape index (κ2) is 5.58.